The minimum absolute atomic E-state index is 0.172. The summed E-state index contributed by atoms with van der Waals surface area (Å²) < 4.78 is 5.01. The smallest absolute Gasteiger partial charge is 0.338 e. The molecule has 1 amide bonds. The molecule has 1 saturated carbocycles. The highest BCUT2D eigenvalue weighted by molar-refractivity contribution is 6.33. The Kier molecular flexibility index (Phi) is 5.66. The average Bonchev–Trinajstić information content (AvgIpc) is 2.50. The summed E-state index contributed by atoms with van der Waals surface area (Å²) in [4.78, 5) is 23.7. The first-order chi connectivity index (χ1) is 10.5. The number of nitrogen functional groups attached to an aromatic ring is 1. The minimum Gasteiger partial charge on any atom is -0.452 e. The Bertz CT molecular complexity index is 562. The van der Waals surface area contributed by atoms with E-state index in [0.29, 0.717) is 16.6 Å². The number of rotatable bonds is 4. The van der Waals surface area contributed by atoms with Gasteiger partial charge in [0.25, 0.3) is 5.91 Å². The van der Waals surface area contributed by atoms with E-state index >= 15 is 0 Å². The van der Waals surface area contributed by atoms with Crippen LogP contribution in [-0.4, -0.2) is 24.5 Å². The van der Waals surface area contributed by atoms with Crippen LogP contribution in [0.5, 0.6) is 0 Å². The molecule has 6 heteroatoms. The van der Waals surface area contributed by atoms with Crippen molar-refractivity contribution in [3.8, 4) is 0 Å². The largest absolute Gasteiger partial charge is 0.452 e. The zero-order chi connectivity index (χ0) is 16.1. The fraction of sp³-hybridized carbons (Fsp3) is 0.500. The second kappa shape index (κ2) is 7.49. The molecule has 0 heterocycles. The molecule has 1 aromatic carbocycles. The van der Waals surface area contributed by atoms with E-state index < -0.39 is 5.97 Å². The van der Waals surface area contributed by atoms with Gasteiger partial charge in [-0.05, 0) is 37.0 Å². The number of hydrogen-bond acceptors (Lipinski definition) is 4. The summed E-state index contributed by atoms with van der Waals surface area (Å²) in [5, 5.41) is 3.31. The fourth-order valence-corrected chi connectivity index (χ4v) is 2.78. The molecular formula is C16H21ClN2O3. The number of amides is 1. The lowest BCUT2D eigenvalue weighted by Gasteiger charge is -2.29. The van der Waals surface area contributed by atoms with Crippen LogP contribution in [-0.2, 0) is 9.53 Å². The van der Waals surface area contributed by atoms with Gasteiger partial charge in [0.2, 0.25) is 0 Å². The van der Waals surface area contributed by atoms with Crippen molar-refractivity contribution in [2.24, 2.45) is 5.92 Å². The van der Waals surface area contributed by atoms with Crippen LogP contribution in [0.3, 0.4) is 0 Å². The number of nitrogens with two attached hydrogens (primary N) is 1. The molecule has 0 bridgehead atoms. The molecule has 2 rings (SSSR count). The molecule has 5 nitrogen and oxygen atoms in total. The van der Waals surface area contributed by atoms with Gasteiger partial charge in [-0.3, -0.25) is 4.79 Å². The van der Waals surface area contributed by atoms with Crippen LogP contribution in [0.25, 0.3) is 0 Å². The zero-order valence-electron chi connectivity index (χ0n) is 12.6. The molecule has 3 N–H and O–H groups in total. The third-order valence-corrected chi connectivity index (χ3v) is 4.37. The average molecular weight is 325 g/mol. The van der Waals surface area contributed by atoms with Crippen LogP contribution in [0.2, 0.25) is 5.02 Å². The van der Waals surface area contributed by atoms with E-state index in [9.17, 15) is 9.59 Å². The maximum Gasteiger partial charge on any atom is 0.338 e. The Hall–Kier alpha value is -1.75. The van der Waals surface area contributed by atoms with Crippen molar-refractivity contribution in [2.75, 3.05) is 12.3 Å². The van der Waals surface area contributed by atoms with E-state index in [1.54, 1.807) is 0 Å². The van der Waals surface area contributed by atoms with Gasteiger partial charge in [-0.15, -0.1) is 0 Å². The van der Waals surface area contributed by atoms with Crippen molar-refractivity contribution in [2.45, 2.75) is 38.6 Å². The zero-order valence-corrected chi connectivity index (χ0v) is 13.4. The number of carbonyl (C=O) groups is 2. The number of hydrogen-bond donors (Lipinski definition) is 2. The summed E-state index contributed by atoms with van der Waals surface area (Å²) in [6, 6.07) is 4.65. The molecular weight excluding hydrogens is 304 g/mol. The number of halogens is 1. The lowest BCUT2D eigenvalue weighted by atomic mass is 9.86. The monoisotopic (exact) mass is 324 g/mol. The van der Waals surface area contributed by atoms with Gasteiger partial charge in [0.05, 0.1) is 16.3 Å². The van der Waals surface area contributed by atoms with E-state index in [1.165, 1.54) is 24.6 Å². The van der Waals surface area contributed by atoms with Gasteiger partial charge in [-0.25, -0.2) is 4.79 Å². The van der Waals surface area contributed by atoms with Gasteiger partial charge in [0.1, 0.15) is 0 Å². The second-order valence-corrected chi connectivity index (χ2v) is 6.16. The molecule has 2 unspecified atom stereocenters. The van der Waals surface area contributed by atoms with Crippen LogP contribution in [0.4, 0.5) is 5.69 Å². The highest BCUT2D eigenvalue weighted by Gasteiger charge is 2.23. The van der Waals surface area contributed by atoms with E-state index in [-0.39, 0.29) is 24.1 Å². The Morgan fingerprint density at radius 1 is 1.36 bits per heavy atom. The molecule has 1 aliphatic carbocycles. The molecule has 22 heavy (non-hydrogen) atoms. The summed E-state index contributed by atoms with van der Waals surface area (Å²) in [5.41, 5.74) is 6.22. The summed E-state index contributed by atoms with van der Waals surface area (Å²) in [6.45, 7) is 1.84. The van der Waals surface area contributed by atoms with Gasteiger partial charge in [-0.2, -0.15) is 0 Å². The lowest BCUT2D eigenvalue weighted by Crippen LogP contribution is -2.42. The summed E-state index contributed by atoms with van der Waals surface area (Å²) in [5.74, 6) is -0.395. The number of carbonyl (C=O) groups excluding carboxylic acids is 2. The van der Waals surface area contributed by atoms with Crippen molar-refractivity contribution >= 4 is 29.2 Å². The molecule has 2 atom stereocenters. The molecule has 1 aliphatic rings. The van der Waals surface area contributed by atoms with Gasteiger partial charge >= 0.3 is 5.97 Å². The van der Waals surface area contributed by atoms with Crippen LogP contribution in [0, 0.1) is 5.92 Å². The highest BCUT2D eigenvalue weighted by atomic mass is 35.5. The molecule has 0 aromatic heterocycles. The van der Waals surface area contributed by atoms with Crippen LogP contribution >= 0.6 is 11.6 Å². The van der Waals surface area contributed by atoms with Crippen molar-refractivity contribution in [1.29, 1.82) is 0 Å². The summed E-state index contributed by atoms with van der Waals surface area (Å²) in [6.07, 6.45) is 4.43. The minimum atomic E-state index is -0.588. The number of ether oxygens (including phenoxy) is 1. The molecule has 0 spiro atoms. The molecule has 1 fully saturated rings. The number of benzene rings is 1. The standard InChI is InChI=1S/C16H21ClN2O3/c1-10-4-2-3-5-14(10)19-15(20)9-22-16(21)11-6-7-12(17)13(18)8-11/h6-8,10,14H,2-5,9,18H2,1H3,(H,19,20). The van der Waals surface area contributed by atoms with E-state index in [2.05, 4.69) is 12.2 Å². The number of nitrogens with one attached hydrogen (secondary N) is 1. The third-order valence-electron chi connectivity index (χ3n) is 4.02. The number of anilines is 1. The van der Waals surface area contributed by atoms with Crippen LogP contribution in [0.15, 0.2) is 18.2 Å². The highest BCUT2D eigenvalue weighted by Crippen LogP contribution is 2.23. The Labute approximate surface area is 135 Å². The topological polar surface area (TPSA) is 81.4 Å². The molecule has 1 aromatic rings. The Morgan fingerprint density at radius 3 is 2.77 bits per heavy atom. The SMILES string of the molecule is CC1CCCCC1NC(=O)COC(=O)c1ccc(Cl)c(N)c1. The first-order valence-corrected chi connectivity index (χ1v) is 7.86. The van der Waals surface area contributed by atoms with Crippen molar-refractivity contribution in [1.82, 2.24) is 5.32 Å². The molecule has 0 radical (unpaired) electrons. The molecule has 0 saturated heterocycles. The normalized spacial score (nSPS) is 21.2. The van der Waals surface area contributed by atoms with E-state index in [1.807, 2.05) is 0 Å². The van der Waals surface area contributed by atoms with E-state index in [0.717, 1.165) is 19.3 Å². The van der Waals surface area contributed by atoms with Crippen molar-refractivity contribution in [3.63, 3.8) is 0 Å². The van der Waals surface area contributed by atoms with Crippen molar-refractivity contribution < 1.29 is 14.3 Å². The summed E-state index contributed by atoms with van der Waals surface area (Å²) in [7, 11) is 0. The van der Waals surface area contributed by atoms with Gasteiger partial charge < -0.3 is 15.8 Å². The van der Waals surface area contributed by atoms with Gasteiger partial charge in [0, 0.05) is 6.04 Å². The maximum absolute atomic E-state index is 11.9. The predicted octanol–water partition coefficient (Wildman–Crippen LogP) is 2.77. The first-order valence-electron chi connectivity index (χ1n) is 7.49. The van der Waals surface area contributed by atoms with E-state index in [4.69, 9.17) is 22.1 Å². The quantitative estimate of drug-likeness (QED) is 0.659. The fourth-order valence-electron chi connectivity index (χ4n) is 2.66. The Morgan fingerprint density at radius 2 is 2.09 bits per heavy atom. The lowest BCUT2D eigenvalue weighted by molar-refractivity contribution is -0.125. The summed E-state index contributed by atoms with van der Waals surface area (Å²) >= 11 is 5.79. The van der Waals surface area contributed by atoms with Gasteiger partial charge in [-0.1, -0.05) is 31.4 Å². The van der Waals surface area contributed by atoms with Crippen molar-refractivity contribution in [3.05, 3.63) is 28.8 Å². The van der Waals surface area contributed by atoms with Crippen LogP contribution in [0.1, 0.15) is 43.0 Å². The third kappa shape index (κ3) is 4.37. The number of esters is 1. The van der Waals surface area contributed by atoms with Gasteiger partial charge in [0.15, 0.2) is 6.61 Å². The molecule has 120 valence electrons. The van der Waals surface area contributed by atoms with Crippen LogP contribution < -0.4 is 11.1 Å². The Balaban J connectivity index is 1.82. The molecule has 0 aliphatic heterocycles. The maximum atomic E-state index is 11.9. The first kappa shape index (κ1) is 16.6. The second-order valence-electron chi connectivity index (χ2n) is 5.75. The predicted molar refractivity (Wildman–Crippen MR) is 85.7 cm³/mol.